The average molecular weight is 540 g/mol. The number of amides is 1. The Hall–Kier alpha value is -4.49. The number of hydrogen-bond acceptors (Lipinski definition) is 9. The molecule has 40 heavy (non-hydrogen) atoms. The second-order valence-electron chi connectivity index (χ2n) is 9.12. The largest absolute Gasteiger partial charge is 0.489 e. The van der Waals surface area contributed by atoms with E-state index in [-0.39, 0.29) is 6.54 Å². The van der Waals surface area contributed by atoms with Crippen LogP contribution in [0.3, 0.4) is 0 Å². The molecule has 0 spiro atoms. The number of benzene rings is 3. The van der Waals surface area contributed by atoms with Crippen molar-refractivity contribution in [2.45, 2.75) is 13.1 Å². The molecule has 0 aliphatic rings. The predicted octanol–water partition coefficient (Wildman–Crippen LogP) is 1.45. The number of nitrogens with zero attached hydrogens (tertiary/aromatic N) is 3. The van der Waals surface area contributed by atoms with Gasteiger partial charge in [0, 0.05) is 42.2 Å². The molecule has 0 unspecified atom stereocenters. The first-order chi connectivity index (χ1) is 19.4. The van der Waals surface area contributed by atoms with Gasteiger partial charge in [0.15, 0.2) is 0 Å². The number of primary amides is 1. The lowest BCUT2D eigenvalue weighted by Gasteiger charge is -2.16. The second-order valence-corrected chi connectivity index (χ2v) is 9.12. The average Bonchev–Trinajstić information content (AvgIpc) is 3.35. The third-order valence-electron chi connectivity index (χ3n) is 6.53. The molecule has 2 aromatic heterocycles. The normalized spacial score (nSPS) is 11.2. The number of hydrogen-bond donors (Lipinski definition) is 5. The summed E-state index contributed by atoms with van der Waals surface area (Å²) in [6.45, 7) is 1.25. The molecule has 0 atom stereocenters. The zero-order chi connectivity index (χ0) is 28.2. The first-order valence-corrected chi connectivity index (χ1v) is 12.7. The molecular formula is C28H29BN6O5. The number of rotatable bonds is 11. The van der Waals surface area contributed by atoms with Crippen molar-refractivity contribution >= 4 is 46.1 Å². The molecular weight excluding hydrogens is 511 g/mol. The van der Waals surface area contributed by atoms with Crippen LogP contribution in [0.2, 0.25) is 0 Å². The van der Waals surface area contributed by atoms with Gasteiger partial charge in [-0.15, -0.1) is 0 Å². The molecule has 7 N–H and O–H groups in total. The minimum atomic E-state index is -1.57. The summed E-state index contributed by atoms with van der Waals surface area (Å²) in [6.07, 6.45) is 0. The van der Waals surface area contributed by atoms with Crippen molar-refractivity contribution in [3.05, 3.63) is 83.6 Å². The molecule has 11 nitrogen and oxygen atoms in total. The number of carbonyl (C=O) groups is 1. The Morgan fingerprint density at radius 1 is 1.02 bits per heavy atom. The summed E-state index contributed by atoms with van der Waals surface area (Å²) in [6, 6.07) is 19.7. The summed E-state index contributed by atoms with van der Waals surface area (Å²) in [5, 5.41) is 23.9. The maximum absolute atomic E-state index is 12.1. The zero-order valence-corrected chi connectivity index (χ0v) is 21.9. The molecule has 12 heteroatoms. The summed E-state index contributed by atoms with van der Waals surface area (Å²) >= 11 is 0. The minimum Gasteiger partial charge on any atom is -0.489 e. The molecule has 2 heterocycles. The van der Waals surface area contributed by atoms with Crippen LogP contribution in [0.5, 0.6) is 5.75 Å². The summed E-state index contributed by atoms with van der Waals surface area (Å²) in [5.41, 5.74) is 15.3. The monoisotopic (exact) mass is 540 g/mol. The fourth-order valence-corrected chi connectivity index (χ4v) is 4.64. The lowest BCUT2D eigenvalue weighted by molar-refractivity contribution is 0.100. The van der Waals surface area contributed by atoms with Crippen LogP contribution in [0.15, 0.2) is 66.7 Å². The van der Waals surface area contributed by atoms with Crippen molar-refractivity contribution in [1.82, 2.24) is 14.5 Å². The highest BCUT2D eigenvalue weighted by molar-refractivity contribution is 6.58. The number of aromatic nitrogens is 3. The van der Waals surface area contributed by atoms with Gasteiger partial charge >= 0.3 is 7.12 Å². The van der Waals surface area contributed by atoms with Crippen molar-refractivity contribution in [3.8, 4) is 11.7 Å². The fraction of sp³-hybridized carbons (Fsp3) is 0.179. The van der Waals surface area contributed by atoms with Crippen LogP contribution < -0.4 is 27.0 Å². The third kappa shape index (κ3) is 5.33. The summed E-state index contributed by atoms with van der Waals surface area (Å²) in [5.74, 6) is 0.866. The summed E-state index contributed by atoms with van der Waals surface area (Å²) in [4.78, 5) is 21.9. The maximum Gasteiger partial charge on any atom is 0.488 e. The third-order valence-corrected chi connectivity index (χ3v) is 6.53. The van der Waals surface area contributed by atoms with E-state index in [9.17, 15) is 14.8 Å². The van der Waals surface area contributed by atoms with E-state index in [0.717, 1.165) is 10.9 Å². The number of para-hydroxylation sites is 1. The molecule has 5 rings (SSSR count). The van der Waals surface area contributed by atoms with Crippen LogP contribution in [-0.4, -0.2) is 57.9 Å². The Morgan fingerprint density at radius 2 is 1.82 bits per heavy atom. The van der Waals surface area contributed by atoms with E-state index in [1.54, 1.807) is 42.0 Å². The highest BCUT2D eigenvalue weighted by Gasteiger charge is 2.20. The molecule has 1 amide bonds. The van der Waals surface area contributed by atoms with Crippen molar-refractivity contribution in [2.24, 2.45) is 11.5 Å². The predicted molar refractivity (Wildman–Crippen MR) is 154 cm³/mol. The van der Waals surface area contributed by atoms with Gasteiger partial charge in [-0.05, 0) is 41.4 Å². The van der Waals surface area contributed by atoms with Gasteiger partial charge in [0.2, 0.25) is 11.9 Å². The Labute approximate surface area is 230 Å². The van der Waals surface area contributed by atoms with Crippen molar-refractivity contribution in [1.29, 1.82) is 0 Å². The van der Waals surface area contributed by atoms with E-state index in [1.165, 1.54) is 0 Å². The Bertz CT molecular complexity index is 1690. The molecule has 0 bridgehead atoms. The highest BCUT2D eigenvalue weighted by Crippen LogP contribution is 2.32. The number of nitrogens with one attached hydrogen (secondary N) is 1. The van der Waals surface area contributed by atoms with Crippen LogP contribution >= 0.6 is 0 Å². The number of anilines is 1. The van der Waals surface area contributed by atoms with E-state index in [4.69, 9.17) is 30.9 Å². The lowest BCUT2D eigenvalue weighted by Crippen LogP contribution is -2.30. The van der Waals surface area contributed by atoms with E-state index in [0.29, 0.717) is 70.4 Å². The standard InChI is InChI=1S/C28H29BN6O5/c1-39-11-12-40-24-10-4-8-21-25(24)33-28(34-27(21)32-16-17-5-2-6-18(13-17)29(37)38)35-19(15-30)14-22-20(26(31)36)7-3-9-23(22)35/h2-10,13-14,37-38H,11-12,15-16,30H2,1H3,(H2,31,36)(H,32,33,34). The molecule has 0 saturated heterocycles. The van der Waals surface area contributed by atoms with Crippen LogP contribution in [0.1, 0.15) is 21.6 Å². The molecule has 204 valence electrons. The zero-order valence-electron chi connectivity index (χ0n) is 21.9. The maximum atomic E-state index is 12.1. The van der Waals surface area contributed by atoms with Crippen LogP contribution in [-0.2, 0) is 17.8 Å². The molecule has 3 aromatic carbocycles. The van der Waals surface area contributed by atoms with Gasteiger partial charge in [-0.3, -0.25) is 9.36 Å². The topological polar surface area (TPSA) is 171 Å². The smallest absolute Gasteiger partial charge is 0.488 e. The van der Waals surface area contributed by atoms with Gasteiger partial charge in [-0.2, -0.15) is 4.98 Å². The highest BCUT2D eigenvalue weighted by atomic mass is 16.5. The number of fused-ring (bicyclic) bond motifs is 2. The minimum absolute atomic E-state index is 0.166. The molecule has 0 fully saturated rings. The van der Waals surface area contributed by atoms with Gasteiger partial charge in [-0.25, -0.2) is 4.98 Å². The molecule has 0 aliphatic heterocycles. The number of methoxy groups -OCH3 is 1. The van der Waals surface area contributed by atoms with Crippen molar-refractivity contribution < 1.29 is 24.3 Å². The van der Waals surface area contributed by atoms with Gasteiger partial charge in [-0.1, -0.05) is 36.4 Å². The summed E-state index contributed by atoms with van der Waals surface area (Å²) < 4.78 is 12.9. The van der Waals surface area contributed by atoms with Gasteiger partial charge in [0.1, 0.15) is 23.7 Å². The molecule has 0 radical (unpaired) electrons. The lowest BCUT2D eigenvalue weighted by atomic mass is 9.80. The fourth-order valence-electron chi connectivity index (χ4n) is 4.64. The van der Waals surface area contributed by atoms with Crippen molar-refractivity contribution in [3.63, 3.8) is 0 Å². The number of nitrogens with two attached hydrogens (primary N) is 2. The Kier molecular flexibility index (Phi) is 7.94. The van der Waals surface area contributed by atoms with Gasteiger partial charge < -0.3 is 36.3 Å². The van der Waals surface area contributed by atoms with Gasteiger partial charge in [0.25, 0.3) is 0 Å². The Morgan fingerprint density at radius 3 is 2.58 bits per heavy atom. The molecule has 5 aromatic rings. The van der Waals surface area contributed by atoms with E-state index in [1.807, 2.05) is 36.4 Å². The number of carbonyl (C=O) groups excluding carboxylic acids is 1. The van der Waals surface area contributed by atoms with Crippen molar-refractivity contribution in [2.75, 3.05) is 25.6 Å². The quantitative estimate of drug-likeness (QED) is 0.123. The molecule has 0 saturated carbocycles. The van der Waals surface area contributed by atoms with Crippen LogP contribution in [0, 0.1) is 0 Å². The van der Waals surface area contributed by atoms with E-state index in [2.05, 4.69) is 5.32 Å². The van der Waals surface area contributed by atoms with Crippen LogP contribution in [0.25, 0.3) is 27.8 Å². The number of ether oxygens (including phenoxy) is 2. The molecule has 0 aliphatic carbocycles. The summed E-state index contributed by atoms with van der Waals surface area (Å²) in [7, 11) is 0.0333. The first-order valence-electron chi connectivity index (χ1n) is 12.7. The SMILES string of the molecule is COCCOc1cccc2c(NCc3cccc(B(O)O)c3)nc(-n3c(CN)cc4c(C(N)=O)cccc43)nc12. The van der Waals surface area contributed by atoms with E-state index >= 15 is 0 Å². The second kappa shape index (κ2) is 11.7. The first kappa shape index (κ1) is 27.1. The van der Waals surface area contributed by atoms with E-state index < -0.39 is 13.0 Å². The Balaban J connectivity index is 1.67. The van der Waals surface area contributed by atoms with Gasteiger partial charge in [0.05, 0.1) is 12.1 Å². The van der Waals surface area contributed by atoms with Crippen LogP contribution in [0.4, 0.5) is 5.82 Å².